The van der Waals surface area contributed by atoms with Gasteiger partial charge in [0.25, 0.3) is 5.91 Å². The van der Waals surface area contributed by atoms with Crippen LogP contribution < -0.4 is 0 Å². The van der Waals surface area contributed by atoms with Crippen molar-refractivity contribution in [2.75, 3.05) is 19.6 Å². The minimum Gasteiger partial charge on any atom is -0.373 e. The van der Waals surface area contributed by atoms with Crippen LogP contribution in [0.4, 0.5) is 0 Å². The second-order valence-corrected chi connectivity index (χ2v) is 10.7. The molecule has 6 nitrogen and oxygen atoms in total. The van der Waals surface area contributed by atoms with Gasteiger partial charge in [-0.1, -0.05) is 6.07 Å². The van der Waals surface area contributed by atoms with Crippen molar-refractivity contribution in [1.29, 1.82) is 0 Å². The van der Waals surface area contributed by atoms with Gasteiger partial charge < -0.3 is 9.64 Å². The van der Waals surface area contributed by atoms with E-state index in [0.29, 0.717) is 18.7 Å². The molecule has 0 radical (unpaired) electrons. The number of carbonyl (C=O) groups excluding carboxylic acids is 1. The van der Waals surface area contributed by atoms with Crippen molar-refractivity contribution < 1.29 is 17.9 Å². The first-order chi connectivity index (χ1) is 13.9. The number of ether oxygens (including phenoxy) is 1. The number of amides is 1. The van der Waals surface area contributed by atoms with Crippen LogP contribution in [-0.2, 0) is 14.8 Å². The lowest BCUT2D eigenvalue weighted by atomic mass is 10.1. The molecular formula is C21H26N2O4S2. The molecule has 0 spiro atoms. The van der Waals surface area contributed by atoms with Gasteiger partial charge in [-0.3, -0.25) is 4.79 Å². The summed E-state index contributed by atoms with van der Waals surface area (Å²) in [5.74, 6) is -0.0431. The highest BCUT2D eigenvalue weighted by atomic mass is 32.2. The molecule has 0 N–H and O–H groups in total. The quantitative estimate of drug-likeness (QED) is 0.738. The predicted molar refractivity (Wildman–Crippen MR) is 113 cm³/mol. The zero-order valence-corrected chi connectivity index (χ0v) is 18.3. The summed E-state index contributed by atoms with van der Waals surface area (Å²) in [5.41, 5.74) is 0.524. The number of nitrogens with zero attached hydrogens (tertiary/aromatic N) is 2. The molecule has 2 aromatic rings. The molecule has 2 aliphatic rings. The Balaban J connectivity index is 1.52. The standard InChI is InChI=1S/C21H26N2O4S2/c1-15-13-22(14-16(2)27-15)29(25,26)18-9-7-17(8-10-18)21(24)23-11-3-5-19(23)20-6-4-12-28-20/h4,6-10,12,15-16,19H,3,5,11,13-14H2,1-2H3. The highest BCUT2D eigenvalue weighted by molar-refractivity contribution is 7.89. The molecule has 1 amide bonds. The lowest BCUT2D eigenvalue weighted by Crippen LogP contribution is -2.48. The molecular weight excluding hydrogens is 408 g/mol. The lowest BCUT2D eigenvalue weighted by Gasteiger charge is -2.34. The van der Waals surface area contributed by atoms with Crippen molar-refractivity contribution in [3.05, 3.63) is 52.2 Å². The fourth-order valence-corrected chi connectivity index (χ4v) is 6.66. The number of rotatable bonds is 4. The summed E-state index contributed by atoms with van der Waals surface area (Å²) in [5, 5.41) is 2.03. The lowest BCUT2D eigenvalue weighted by molar-refractivity contribution is -0.0440. The van der Waals surface area contributed by atoms with Crippen molar-refractivity contribution >= 4 is 27.3 Å². The maximum atomic E-state index is 13.1. The molecule has 2 saturated heterocycles. The van der Waals surface area contributed by atoms with Gasteiger partial charge in [0.05, 0.1) is 23.1 Å². The van der Waals surface area contributed by atoms with E-state index in [9.17, 15) is 13.2 Å². The van der Waals surface area contributed by atoms with Gasteiger partial charge in [-0.25, -0.2) is 8.42 Å². The van der Waals surface area contributed by atoms with E-state index < -0.39 is 10.0 Å². The van der Waals surface area contributed by atoms with Gasteiger partial charge in [-0.2, -0.15) is 4.31 Å². The Bertz CT molecular complexity index is 947. The van der Waals surface area contributed by atoms with E-state index in [-0.39, 0.29) is 29.1 Å². The Morgan fingerprint density at radius 3 is 2.41 bits per heavy atom. The average molecular weight is 435 g/mol. The van der Waals surface area contributed by atoms with Crippen LogP contribution in [0.5, 0.6) is 0 Å². The number of thiophene rings is 1. The van der Waals surface area contributed by atoms with Gasteiger partial charge in [-0.05, 0) is 62.4 Å². The summed E-state index contributed by atoms with van der Waals surface area (Å²) in [6.07, 6.45) is 1.66. The number of sulfonamides is 1. The number of likely N-dealkylation sites (tertiary alicyclic amines) is 1. The molecule has 3 atom stereocenters. The summed E-state index contributed by atoms with van der Waals surface area (Å²) in [6, 6.07) is 10.5. The largest absolute Gasteiger partial charge is 0.373 e. The van der Waals surface area contributed by atoms with Gasteiger partial charge in [0, 0.05) is 30.1 Å². The third-order valence-electron chi connectivity index (χ3n) is 5.51. The van der Waals surface area contributed by atoms with Crippen molar-refractivity contribution in [2.24, 2.45) is 0 Å². The predicted octanol–water partition coefficient (Wildman–Crippen LogP) is 3.52. The third-order valence-corrected chi connectivity index (χ3v) is 8.33. The molecule has 3 heterocycles. The van der Waals surface area contributed by atoms with Gasteiger partial charge in [0.15, 0.2) is 0 Å². The molecule has 29 heavy (non-hydrogen) atoms. The van der Waals surface area contributed by atoms with Crippen molar-refractivity contribution in [1.82, 2.24) is 9.21 Å². The summed E-state index contributed by atoms with van der Waals surface area (Å²) in [7, 11) is -3.61. The Labute approximate surface area is 176 Å². The number of benzene rings is 1. The van der Waals surface area contributed by atoms with E-state index in [1.54, 1.807) is 35.6 Å². The van der Waals surface area contributed by atoms with Gasteiger partial charge in [0.2, 0.25) is 10.0 Å². The van der Waals surface area contributed by atoms with Crippen LogP contribution in [0.3, 0.4) is 0 Å². The van der Waals surface area contributed by atoms with Crippen molar-refractivity contribution in [3.8, 4) is 0 Å². The first-order valence-corrected chi connectivity index (χ1v) is 12.3. The summed E-state index contributed by atoms with van der Waals surface area (Å²) >= 11 is 1.67. The molecule has 2 fully saturated rings. The molecule has 2 aliphatic heterocycles. The normalized spacial score (nSPS) is 26.0. The maximum Gasteiger partial charge on any atom is 0.254 e. The van der Waals surface area contributed by atoms with Gasteiger partial charge in [0.1, 0.15) is 0 Å². The molecule has 0 bridgehead atoms. The molecule has 8 heteroatoms. The minimum atomic E-state index is -3.61. The van der Waals surface area contributed by atoms with E-state index in [0.717, 1.165) is 19.4 Å². The minimum absolute atomic E-state index is 0.0431. The highest BCUT2D eigenvalue weighted by Gasteiger charge is 2.33. The van der Waals surface area contributed by atoms with E-state index >= 15 is 0 Å². The summed E-state index contributed by atoms with van der Waals surface area (Å²) in [6.45, 7) is 5.15. The summed E-state index contributed by atoms with van der Waals surface area (Å²) < 4.78 is 33.1. The Hall–Kier alpha value is -1.74. The third kappa shape index (κ3) is 4.12. The zero-order valence-electron chi connectivity index (χ0n) is 16.7. The average Bonchev–Trinajstić information content (AvgIpc) is 3.38. The topological polar surface area (TPSA) is 66.9 Å². The Morgan fingerprint density at radius 2 is 1.79 bits per heavy atom. The first-order valence-electron chi connectivity index (χ1n) is 9.96. The molecule has 0 aliphatic carbocycles. The van der Waals surface area contributed by atoms with E-state index in [1.165, 1.54) is 9.18 Å². The van der Waals surface area contributed by atoms with Crippen LogP contribution in [0.1, 0.15) is 48.0 Å². The van der Waals surface area contributed by atoms with Crippen molar-refractivity contribution in [2.45, 2.75) is 49.8 Å². The fourth-order valence-electron chi connectivity index (χ4n) is 4.20. The molecule has 4 rings (SSSR count). The van der Waals surface area contributed by atoms with E-state index in [4.69, 9.17) is 4.74 Å². The first kappa shape index (κ1) is 20.5. The smallest absolute Gasteiger partial charge is 0.254 e. The van der Waals surface area contributed by atoms with Gasteiger partial charge >= 0.3 is 0 Å². The van der Waals surface area contributed by atoms with Crippen LogP contribution in [-0.4, -0.2) is 55.4 Å². The van der Waals surface area contributed by atoms with Crippen LogP contribution in [0.2, 0.25) is 0 Å². The fraction of sp³-hybridized carbons (Fsp3) is 0.476. The number of hydrogen-bond acceptors (Lipinski definition) is 5. The van der Waals surface area contributed by atoms with Crippen molar-refractivity contribution in [3.63, 3.8) is 0 Å². The highest BCUT2D eigenvalue weighted by Crippen LogP contribution is 2.35. The maximum absolute atomic E-state index is 13.1. The number of hydrogen-bond donors (Lipinski definition) is 0. The van der Waals surface area contributed by atoms with Crippen LogP contribution in [0.15, 0.2) is 46.7 Å². The Morgan fingerprint density at radius 1 is 1.10 bits per heavy atom. The molecule has 3 unspecified atom stereocenters. The molecule has 1 aromatic carbocycles. The molecule has 0 saturated carbocycles. The van der Waals surface area contributed by atoms with E-state index in [1.807, 2.05) is 30.2 Å². The van der Waals surface area contributed by atoms with Crippen LogP contribution in [0, 0.1) is 0 Å². The van der Waals surface area contributed by atoms with Crippen LogP contribution in [0.25, 0.3) is 0 Å². The Kier molecular flexibility index (Phi) is 5.79. The van der Waals surface area contributed by atoms with E-state index in [2.05, 4.69) is 6.07 Å². The number of morpholine rings is 1. The molecule has 1 aromatic heterocycles. The second-order valence-electron chi connectivity index (χ2n) is 7.78. The zero-order chi connectivity index (χ0) is 20.6. The second kappa shape index (κ2) is 8.18. The van der Waals surface area contributed by atoms with Gasteiger partial charge in [-0.15, -0.1) is 11.3 Å². The SMILES string of the molecule is CC1CN(S(=O)(=O)c2ccc(C(=O)N3CCCC3c3cccs3)cc2)CC(C)O1. The number of carbonyl (C=O) groups is 1. The molecule has 156 valence electrons. The monoisotopic (exact) mass is 434 g/mol. The van der Waals surface area contributed by atoms with Crippen LogP contribution >= 0.6 is 11.3 Å². The summed E-state index contributed by atoms with van der Waals surface area (Å²) in [4.78, 5) is 16.4.